The first kappa shape index (κ1) is 20.2. The molecule has 0 aliphatic carbocycles. The third-order valence-electron chi connectivity index (χ3n) is 4.45. The number of aliphatic hydroxyl groups is 1. The van der Waals surface area contributed by atoms with Crippen LogP contribution in [-0.4, -0.2) is 48.7 Å². The van der Waals surface area contributed by atoms with Crippen LogP contribution in [0.1, 0.15) is 6.42 Å². The molecule has 2 aromatic carbocycles. The van der Waals surface area contributed by atoms with E-state index in [-0.39, 0.29) is 17.9 Å². The highest BCUT2D eigenvalue weighted by Gasteiger charge is 2.53. The predicted octanol–water partition coefficient (Wildman–Crippen LogP) is 1.42. The summed E-state index contributed by atoms with van der Waals surface area (Å²) in [7, 11) is -4.13. The smallest absolute Gasteiger partial charge is 0.279 e. The molecule has 1 saturated heterocycles. The molecule has 10 heteroatoms. The maximum atomic E-state index is 13.0. The van der Waals surface area contributed by atoms with Crippen molar-refractivity contribution in [2.45, 2.75) is 22.2 Å². The van der Waals surface area contributed by atoms with E-state index in [0.717, 1.165) is 0 Å². The van der Waals surface area contributed by atoms with Crippen molar-refractivity contribution in [2.75, 3.05) is 13.2 Å². The highest BCUT2D eigenvalue weighted by atomic mass is 32.2. The molecule has 0 spiro atoms. The Morgan fingerprint density at radius 3 is 2.29 bits per heavy atom. The molecule has 3 N–H and O–H groups in total. The quantitative estimate of drug-likeness (QED) is 0.502. The van der Waals surface area contributed by atoms with Crippen molar-refractivity contribution in [2.24, 2.45) is 0 Å². The maximum absolute atomic E-state index is 13.0. The number of sulfone groups is 1. The number of carbonyl (C=O) groups excluding carboxylic acids is 1. The largest absolute Gasteiger partial charge is 0.457 e. The van der Waals surface area contributed by atoms with Gasteiger partial charge in [0.15, 0.2) is 15.4 Å². The van der Waals surface area contributed by atoms with Crippen LogP contribution < -0.4 is 10.2 Å². The van der Waals surface area contributed by atoms with Gasteiger partial charge in [-0.2, -0.15) is 0 Å². The molecule has 8 nitrogen and oxygen atoms in total. The normalized spacial score (nSPS) is 22.5. The second kappa shape index (κ2) is 7.84. The van der Waals surface area contributed by atoms with Crippen LogP contribution in [-0.2, 0) is 19.4 Å². The number of hydroxylamine groups is 1. The average molecular weight is 411 g/mol. The number of ether oxygens (including phenoxy) is 2. The second-order valence-electron chi connectivity index (χ2n) is 6.27. The summed E-state index contributed by atoms with van der Waals surface area (Å²) >= 11 is 0. The zero-order chi connectivity index (χ0) is 20.4. The molecule has 1 aliphatic rings. The van der Waals surface area contributed by atoms with Gasteiger partial charge in [-0.25, -0.2) is 18.3 Å². The Hall–Kier alpha value is -2.53. The Bertz CT molecular complexity index is 947. The molecule has 2 aromatic rings. The van der Waals surface area contributed by atoms with Crippen molar-refractivity contribution < 1.29 is 37.4 Å². The lowest BCUT2D eigenvalue weighted by atomic mass is 9.95. The zero-order valence-corrected chi connectivity index (χ0v) is 15.4. The molecule has 2 atom stereocenters. The molecule has 28 heavy (non-hydrogen) atoms. The fraction of sp³-hybridized carbons (Fsp3) is 0.278. The summed E-state index contributed by atoms with van der Waals surface area (Å²) in [6, 6.07) is 10.7. The lowest BCUT2D eigenvalue weighted by Crippen LogP contribution is -2.62. The van der Waals surface area contributed by atoms with Gasteiger partial charge in [-0.3, -0.25) is 10.0 Å². The topological polar surface area (TPSA) is 122 Å². The Morgan fingerprint density at radius 1 is 1.14 bits per heavy atom. The van der Waals surface area contributed by atoms with E-state index in [1.165, 1.54) is 54.0 Å². The van der Waals surface area contributed by atoms with Gasteiger partial charge in [0.25, 0.3) is 5.91 Å². The van der Waals surface area contributed by atoms with Crippen molar-refractivity contribution in [3.63, 3.8) is 0 Å². The van der Waals surface area contributed by atoms with Gasteiger partial charge in [0.2, 0.25) is 0 Å². The van der Waals surface area contributed by atoms with Gasteiger partial charge in [0.1, 0.15) is 22.6 Å². The van der Waals surface area contributed by atoms with E-state index in [2.05, 4.69) is 0 Å². The molecule has 0 aromatic heterocycles. The predicted molar refractivity (Wildman–Crippen MR) is 94.2 cm³/mol. The van der Waals surface area contributed by atoms with E-state index in [9.17, 15) is 22.7 Å². The zero-order valence-electron chi connectivity index (χ0n) is 14.5. The first-order valence-electron chi connectivity index (χ1n) is 8.29. The standard InChI is InChI=1S/C18H18FNO7S/c19-12-1-3-13(4-2-12)27-14-5-7-15(8-6-14)28(24,25)16-9-10-26-11-18(16,22)17(21)20-23/h1-8,16,22-23H,9-11H2,(H,20,21). The van der Waals surface area contributed by atoms with Gasteiger partial charge >= 0.3 is 0 Å². The van der Waals surface area contributed by atoms with E-state index in [0.29, 0.717) is 11.5 Å². The van der Waals surface area contributed by atoms with Crippen molar-refractivity contribution in [3.8, 4) is 11.5 Å². The number of halogens is 1. The third kappa shape index (κ3) is 3.85. The molecule has 150 valence electrons. The van der Waals surface area contributed by atoms with Crippen LogP contribution in [0.15, 0.2) is 53.4 Å². The minimum Gasteiger partial charge on any atom is -0.457 e. The van der Waals surface area contributed by atoms with Gasteiger partial charge in [-0.15, -0.1) is 0 Å². The Balaban J connectivity index is 1.85. The first-order chi connectivity index (χ1) is 13.3. The summed E-state index contributed by atoms with van der Waals surface area (Å²) in [6.45, 7) is -0.522. The number of carbonyl (C=O) groups is 1. The fourth-order valence-electron chi connectivity index (χ4n) is 2.97. The molecule has 1 amide bonds. The molecular weight excluding hydrogens is 393 g/mol. The van der Waals surface area contributed by atoms with E-state index < -0.39 is 39.0 Å². The van der Waals surface area contributed by atoms with Crippen LogP contribution in [0.2, 0.25) is 0 Å². The van der Waals surface area contributed by atoms with Crippen molar-refractivity contribution in [1.82, 2.24) is 5.48 Å². The van der Waals surface area contributed by atoms with Crippen molar-refractivity contribution in [1.29, 1.82) is 0 Å². The molecule has 3 rings (SSSR count). The fourth-order valence-corrected chi connectivity index (χ4v) is 4.91. The Kier molecular flexibility index (Phi) is 5.66. The van der Waals surface area contributed by atoms with Crippen molar-refractivity contribution >= 4 is 15.7 Å². The molecule has 2 unspecified atom stereocenters. The Morgan fingerprint density at radius 2 is 1.71 bits per heavy atom. The van der Waals surface area contributed by atoms with Gasteiger partial charge in [0.05, 0.1) is 11.5 Å². The van der Waals surface area contributed by atoms with Gasteiger partial charge in [-0.1, -0.05) is 0 Å². The summed E-state index contributed by atoms with van der Waals surface area (Å²) in [6.07, 6.45) is -0.125. The van der Waals surface area contributed by atoms with Crippen molar-refractivity contribution in [3.05, 3.63) is 54.3 Å². The molecule has 1 fully saturated rings. The summed E-state index contributed by atoms with van der Waals surface area (Å²) in [4.78, 5) is 11.7. The average Bonchev–Trinajstić information content (AvgIpc) is 2.69. The number of amides is 1. The molecule has 1 aliphatic heterocycles. The third-order valence-corrected chi connectivity index (χ3v) is 6.75. The van der Waals surface area contributed by atoms with Crippen LogP contribution in [0.3, 0.4) is 0 Å². The number of benzene rings is 2. The summed E-state index contributed by atoms with van der Waals surface area (Å²) < 4.78 is 49.4. The summed E-state index contributed by atoms with van der Waals surface area (Å²) in [5.74, 6) is -0.974. The van der Waals surface area contributed by atoms with Crippen LogP contribution in [0.5, 0.6) is 11.5 Å². The second-order valence-corrected chi connectivity index (χ2v) is 8.40. The van der Waals surface area contributed by atoms with Gasteiger partial charge in [-0.05, 0) is 55.0 Å². The summed E-state index contributed by atoms with van der Waals surface area (Å²) in [5.41, 5.74) is -1.13. The monoisotopic (exact) mass is 411 g/mol. The van der Waals surface area contributed by atoms with E-state index in [1.807, 2.05) is 0 Å². The number of nitrogens with one attached hydrogen (secondary N) is 1. The molecule has 1 heterocycles. The van der Waals surface area contributed by atoms with Crippen LogP contribution in [0.4, 0.5) is 4.39 Å². The molecular formula is C18H18FNO7S. The number of rotatable bonds is 5. The van der Waals surface area contributed by atoms with Gasteiger partial charge < -0.3 is 14.6 Å². The number of hydrogen-bond donors (Lipinski definition) is 3. The van der Waals surface area contributed by atoms with Crippen LogP contribution in [0.25, 0.3) is 0 Å². The minimum atomic E-state index is -4.13. The molecule has 0 radical (unpaired) electrons. The maximum Gasteiger partial charge on any atom is 0.279 e. The first-order valence-corrected chi connectivity index (χ1v) is 9.84. The van der Waals surface area contributed by atoms with Crippen LogP contribution in [0, 0.1) is 5.82 Å². The van der Waals surface area contributed by atoms with Crippen LogP contribution >= 0.6 is 0 Å². The number of hydrogen-bond acceptors (Lipinski definition) is 7. The summed E-state index contributed by atoms with van der Waals surface area (Å²) in [5, 5.41) is 17.9. The van der Waals surface area contributed by atoms with Gasteiger partial charge in [0, 0.05) is 6.61 Å². The van der Waals surface area contributed by atoms with E-state index >= 15 is 0 Å². The lowest BCUT2D eigenvalue weighted by molar-refractivity contribution is -0.161. The van der Waals surface area contributed by atoms with E-state index in [1.54, 1.807) is 0 Å². The molecule has 0 saturated carbocycles. The SMILES string of the molecule is O=C(NO)C1(O)COCCC1S(=O)(=O)c1ccc(Oc2ccc(F)cc2)cc1. The highest BCUT2D eigenvalue weighted by molar-refractivity contribution is 7.92. The highest BCUT2D eigenvalue weighted by Crippen LogP contribution is 2.32. The molecule has 0 bridgehead atoms. The minimum absolute atomic E-state index is 0.0384. The lowest BCUT2D eigenvalue weighted by Gasteiger charge is -2.36. The Labute approximate surface area is 160 Å². The van der Waals surface area contributed by atoms with E-state index in [4.69, 9.17) is 14.7 Å².